The molecule has 1 N–H and O–H groups in total. The zero-order valence-corrected chi connectivity index (χ0v) is 10.3. The topological polar surface area (TPSA) is 37.8 Å². The average Bonchev–Trinajstić information content (AvgIpc) is 2.29. The normalized spacial score (nSPS) is 10.3. The molecule has 1 rings (SSSR count). The standard InChI is InChI=1S/C11H19N3S/c1-3-10-8-11(14-9-13-10)12-6-4-5-7-15-2/h8-9H,3-7H2,1-2H3,(H,12,13,14). The molecular weight excluding hydrogens is 206 g/mol. The number of nitrogens with zero attached hydrogens (tertiary/aromatic N) is 2. The van der Waals surface area contributed by atoms with Gasteiger partial charge >= 0.3 is 0 Å². The van der Waals surface area contributed by atoms with Crippen molar-refractivity contribution in [1.29, 1.82) is 0 Å². The molecule has 1 heterocycles. The van der Waals surface area contributed by atoms with E-state index in [0.29, 0.717) is 0 Å². The van der Waals surface area contributed by atoms with Gasteiger partial charge in [0.25, 0.3) is 0 Å². The molecule has 0 unspecified atom stereocenters. The molecule has 0 saturated heterocycles. The molecule has 0 amide bonds. The molecule has 0 aromatic carbocycles. The Labute approximate surface area is 96.1 Å². The fourth-order valence-corrected chi connectivity index (χ4v) is 1.77. The molecule has 0 aliphatic rings. The number of rotatable bonds is 7. The van der Waals surface area contributed by atoms with Crippen molar-refractivity contribution in [2.45, 2.75) is 26.2 Å². The lowest BCUT2D eigenvalue weighted by Gasteiger charge is -2.05. The predicted octanol–water partition coefficient (Wildman–Crippen LogP) is 2.59. The smallest absolute Gasteiger partial charge is 0.129 e. The van der Waals surface area contributed by atoms with E-state index in [1.54, 1.807) is 6.33 Å². The molecule has 0 spiro atoms. The molecule has 0 aliphatic heterocycles. The molecule has 0 atom stereocenters. The van der Waals surface area contributed by atoms with Crippen LogP contribution in [0.2, 0.25) is 0 Å². The minimum atomic E-state index is 0.950. The highest BCUT2D eigenvalue weighted by molar-refractivity contribution is 7.98. The van der Waals surface area contributed by atoms with Crippen LogP contribution in [0.1, 0.15) is 25.5 Å². The van der Waals surface area contributed by atoms with Gasteiger partial charge in [0.1, 0.15) is 12.1 Å². The minimum Gasteiger partial charge on any atom is -0.370 e. The number of unbranched alkanes of at least 4 members (excludes halogenated alkanes) is 1. The maximum absolute atomic E-state index is 4.18. The van der Waals surface area contributed by atoms with Gasteiger partial charge in [0.05, 0.1) is 0 Å². The van der Waals surface area contributed by atoms with Crippen molar-refractivity contribution in [3.8, 4) is 0 Å². The molecule has 1 aromatic heterocycles. The fourth-order valence-electron chi connectivity index (χ4n) is 1.28. The first-order valence-corrected chi connectivity index (χ1v) is 6.80. The third kappa shape index (κ3) is 5.02. The summed E-state index contributed by atoms with van der Waals surface area (Å²) < 4.78 is 0. The second-order valence-corrected chi connectivity index (χ2v) is 4.36. The number of nitrogens with one attached hydrogen (secondary N) is 1. The number of aromatic nitrogens is 2. The van der Waals surface area contributed by atoms with Crippen LogP contribution in [-0.2, 0) is 6.42 Å². The van der Waals surface area contributed by atoms with E-state index in [2.05, 4.69) is 28.5 Å². The van der Waals surface area contributed by atoms with E-state index in [0.717, 1.165) is 24.5 Å². The van der Waals surface area contributed by atoms with Crippen molar-refractivity contribution in [1.82, 2.24) is 9.97 Å². The third-order valence-electron chi connectivity index (χ3n) is 2.17. The van der Waals surface area contributed by atoms with Crippen LogP contribution in [-0.4, -0.2) is 28.5 Å². The number of thioether (sulfide) groups is 1. The molecule has 0 radical (unpaired) electrons. The zero-order chi connectivity index (χ0) is 10.9. The van der Waals surface area contributed by atoms with Gasteiger partial charge in [-0.2, -0.15) is 11.8 Å². The summed E-state index contributed by atoms with van der Waals surface area (Å²) in [5, 5.41) is 3.32. The quantitative estimate of drug-likeness (QED) is 0.724. The first-order chi connectivity index (χ1) is 7.36. The lowest BCUT2D eigenvalue weighted by atomic mass is 10.3. The highest BCUT2D eigenvalue weighted by atomic mass is 32.2. The van der Waals surface area contributed by atoms with Crippen LogP contribution in [0.25, 0.3) is 0 Å². The monoisotopic (exact) mass is 225 g/mol. The van der Waals surface area contributed by atoms with Crippen LogP contribution >= 0.6 is 11.8 Å². The first-order valence-electron chi connectivity index (χ1n) is 5.40. The number of anilines is 1. The molecular formula is C11H19N3S. The number of hydrogen-bond donors (Lipinski definition) is 1. The minimum absolute atomic E-state index is 0.950. The highest BCUT2D eigenvalue weighted by Gasteiger charge is 1.95. The van der Waals surface area contributed by atoms with Crippen LogP contribution in [0.15, 0.2) is 12.4 Å². The van der Waals surface area contributed by atoms with Crippen LogP contribution in [0.4, 0.5) is 5.82 Å². The van der Waals surface area contributed by atoms with Crippen LogP contribution in [0.5, 0.6) is 0 Å². The first kappa shape index (κ1) is 12.3. The summed E-state index contributed by atoms with van der Waals surface area (Å²) >= 11 is 1.90. The SMILES string of the molecule is CCc1cc(NCCCCSC)ncn1. The summed E-state index contributed by atoms with van der Waals surface area (Å²) in [6.45, 7) is 3.10. The van der Waals surface area contributed by atoms with Gasteiger partial charge in [-0.1, -0.05) is 6.92 Å². The Balaban J connectivity index is 2.24. The fraction of sp³-hybridized carbons (Fsp3) is 0.636. The van der Waals surface area contributed by atoms with Gasteiger partial charge in [-0.25, -0.2) is 9.97 Å². The largest absolute Gasteiger partial charge is 0.370 e. The van der Waals surface area contributed by atoms with Crippen molar-refractivity contribution in [2.75, 3.05) is 23.9 Å². The van der Waals surface area contributed by atoms with Crippen molar-refractivity contribution >= 4 is 17.6 Å². The van der Waals surface area contributed by atoms with Crippen LogP contribution in [0.3, 0.4) is 0 Å². The molecule has 0 fully saturated rings. The van der Waals surface area contributed by atoms with E-state index < -0.39 is 0 Å². The van der Waals surface area contributed by atoms with Crippen LogP contribution < -0.4 is 5.32 Å². The highest BCUT2D eigenvalue weighted by Crippen LogP contribution is 2.05. The van der Waals surface area contributed by atoms with Gasteiger partial charge in [0, 0.05) is 18.3 Å². The van der Waals surface area contributed by atoms with Gasteiger partial charge < -0.3 is 5.32 Å². The van der Waals surface area contributed by atoms with Crippen LogP contribution in [0, 0.1) is 0 Å². The van der Waals surface area contributed by atoms with Gasteiger partial charge in [-0.05, 0) is 31.3 Å². The van der Waals surface area contributed by atoms with E-state index in [9.17, 15) is 0 Å². The van der Waals surface area contributed by atoms with Crippen molar-refractivity contribution in [2.24, 2.45) is 0 Å². The summed E-state index contributed by atoms with van der Waals surface area (Å²) in [7, 11) is 0. The molecule has 1 aromatic rings. The Morgan fingerprint density at radius 1 is 1.33 bits per heavy atom. The zero-order valence-electron chi connectivity index (χ0n) is 9.49. The Bertz CT molecular complexity index is 278. The lowest BCUT2D eigenvalue weighted by Crippen LogP contribution is -2.04. The predicted molar refractivity (Wildman–Crippen MR) is 67.5 cm³/mol. The summed E-state index contributed by atoms with van der Waals surface area (Å²) in [5.74, 6) is 2.19. The third-order valence-corrected chi connectivity index (χ3v) is 2.86. The van der Waals surface area contributed by atoms with Gasteiger partial charge in [0.2, 0.25) is 0 Å². The summed E-state index contributed by atoms with van der Waals surface area (Å²) in [6, 6.07) is 2.02. The molecule has 0 bridgehead atoms. The number of hydrogen-bond acceptors (Lipinski definition) is 4. The second kappa shape index (κ2) is 7.51. The summed E-state index contributed by atoms with van der Waals surface area (Å²) in [5.41, 5.74) is 1.09. The lowest BCUT2D eigenvalue weighted by molar-refractivity contribution is 0.837. The molecule has 15 heavy (non-hydrogen) atoms. The van der Waals surface area contributed by atoms with Crippen molar-refractivity contribution in [3.05, 3.63) is 18.1 Å². The Hall–Kier alpha value is -0.770. The molecule has 4 heteroatoms. The maximum Gasteiger partial charge on any atom is 0.129 e. The van der Waals surface area contributed by atoms with Crippen molar-refractivity contribution < 1.29 is 0 Å². The molecule has 0 saturated carbocycles. The summed E-state index contributed by atoms with van der Waals surface area (Å²) in [6.07, 6.45) is 7.20. The van der Waals surface area contributed by atoms with E-state index in [-0.39, 0.29) is 0 Å². The van der Waals surface area contributed by atoms with Gasteiger partial charge in [-0.15, -0.1) is 0 Å². The average molecular weight is 225 g/mol. The van der Waals surface area contributed by atoms with E-state index in [1.165, 1.54) is 18.6 Å². The second-order valence-electron chi connectivity index (χ2n) is 3.37. The summed E-state index contributed by atoms with van der Waals surface area (Å²) in [4.78, 5) is 8.34. The Morgan fingerprint density at radius 3 is 2.93 bits per heavy atom. The van der Waals surface area contributed by atoms with E-state index >= 15 is 0 Å². The maximum atomic E-state index is 4.18. The Morgan fingerprint density at radius 2 is 2.20 bits per heavy atom. The van der Waals surface area contributed by atoms with Gasteiger partial charge in [-0.3, -0.25) is 0 Å². The molecule has 3 nitrogen and oxygen atoms in total. The van der Waals surface area contributed by atoms with E-state index in [1.807, 2.05) is 17.8 Å². The van der Waals surface area contributed by atoms with Gasteiger partial charge in [0.15, 0.2) is 0 Å². The van der Waals surface area contributed by atoms with E-state index in [4.69, 9.17) is 0 Å². The molecule has 84 valence electrons. The molecule has 0 aliphatic carbocycles. The number of aryl methyl sites for hydroxylation is 1. The van der Waals surface area contributed by atoms with Crippen molar-refractivity contribution in [3.63, 3.8) is 0 Å². The Kier molecular flexibility index (Phi) is 6.16.